The van der Waals surface area contributed by atoms with Crippen molar-refractivity contribution in [2.24, 2.45) is 10.8 Å². The molecule has 17 heteroatoms. The van der Waals surface area contributed by atoms with Gasteiger partial charge in [0.2, 0.25) is 0 Å². The summed E-state index contributed by atoms with van der Waals surface area (Å²) < 4.78 is 248. The molecule has 0 spiro atoms. The normalized spacial score (nSPS) is 41.8. The molecule has 3 aliphatic carbocycles. The van der Waals surface area contributed by atoms with Crippen LogP contribution in [0.15, 0.2) is 0 Å². The van der Waals surface area contributed by atoms with Gasteiger partial charge < -0.3 is 0 Å². The SMILES string of the molecule is CC1(C23C(F)(F)C(F)(F)C(F)(F)C(F)(F)C2(F)C(F)(F)C(F)(F)C(F)(F)C3(F)F)CCCCC1. The van der Waals surface area contributed by atoms with Crippen LogP contribution in [0.25, 0.3) is 0 Å². The van der Waals surface area contributed by atoms with E-state index in [1.807, 2.05) is 0 Å². The second-order valence-electron chi connectivity index (χ2n) is 9.12. The van der Waals surface area contributed by atoms with Crippen molar-refractivity contribution in [3.63, 3.8) is 0 Å². The first-order valence-corrected chi connectivity index (χ1v) is 9.42. The van der Waals surface area contributed by atoms with Crippen molar-refractivity contribution in [3.8, 4) is 0 Å². The zero-order valence-corrected chi connectivity index (χ0v) is 16.5. The minimum atomic E-state index is -8.13. The average molecular weight is 540 g/mol. The van der Waals surface area contributed by atoms with E-state index in [2.05, 4.69) is 0 Å². The number of hydrogen-bond acceptors (Lipinski definition) is 0. The van der Waals surface area contributed by atoms with Gasteiger partial charge in [0.1, 0.15) is 0 Å². The molecule has 3 rings (SSSR count). The Morgan fingerprint density at radius 1 is 0.353 bits per heavy atom. The third kappa shape index (κ3) is 2.01. The average Bonchev–Trinajstić information content (AvgIpc) is 2.65. The lowest BCUT2D eigenvalue weighted by Gasteiger charge is -2.71. The molecule has 0 saturated heterocycles. The molecule has 0 N–H and O–H groups in total. The van der Waals surface area contributed by atoms with E-state index in [4.69, 9.17) is 0 Å². The van der Waals surface area contributed by atoms with Crippen LogP contribution in [-0.2, 0) is 0 Å². The van der Waals surface area contributed by atoms with Gasteiger partial charge in [-0.1, -0.05) is 26.2 Å². The highest BCUT2D eigenvalue weighted by molar-refractivity contribution is 5.43. The maximum absolute atomic E-state index is 15.8. The van der Waals surface area contributed by atoms with Crippen molar-refractivity contribution in [2.75, 3.05) is 0 Å². The van der Waals surface area contributed by atoms with Gasteiger partial charge >= 0.3 is 47.4 Å². The number of hydrogen-bond donors (Lipinski definition) is 0. The Balaban J connectivity index is 2.75. The monoisotopic (exact) mass is 540 g/mol. The Morgan fingerprint density at radius 2 is 0.618 bits per heavy atom. The summed E-state index contributed by atoms with van der Waals surface area (Å²) in [7, 11) is 0. The summed E-state index contributed by atoms with van der Waals surface area (Å²) >= 11 is 0. The van der Waals surface area contributed by atoms with Gasteiger partial charge in [0.05, 0.1) is 0 Å². The topological polar surface area (TPSA) is 0 Å². The van der Waals surface area contributed by atoms with E-state index in [-0.39, 0.29) is 13.3 Å². The lowest BCUT2D eigenvalue weighted by Crippen LogP contribution is -2.98. The van der Waals surface area contributed by atoms with Crippen molar-refractivity contribution in [3.05, 3.63) is 0 Å². The molecule has 3 aliphatic rings. The van der Waals surface area contributed by atoms with E-state index in [0.29, 0.717) is 0 Å². The summed E-state index contributed by atoms with van der Waals surface area (Å²) in [6.07, 6.45) is -5.10. The molecule has 0 radical (unpaired) electrons. The minimum absolute atomic E-state index is 0.242. The van der Waals surface area contributed by atoms with Crippen LogP contribution in [0.4, 0.5) is 74.6 Å². The Morgan fingerprint density at radius 3 is 0.912 bits per heavy atom. The number of alkyl halides is 17. The first-order chi connectivity index (χ1) is 14.7. The maximum Gasteiger partial charge on any atom is 0.381 e. The van der Waals surface area contributed by atoms with Crippen LogP contribution in [0, 0.1) is 10.8 Å². The molecule has 0 unspecified atom stereocenters. The Bertz CT molecular complexity index is 811. The van der Waals surface area contributed by atoms with Gasteiger partial charge in [-0.3, -0.25) is 0 Å². The van der Waals surface area contributed by atoms with Crippen molar-refractivity contribution in [1.82, 2.24) is 0 Å². The largest absolute Gasteiger partial charge is 0.381 e. The fraction of sp³-hybridized carbons (Fsp3) is 1.00. The quantitative estimate of drug-likeness (QED) is 0.299. The summed E-state index contributed by atoms with van der Waals surface area (Å²) in [5, 5.41) is 0. The smallest absolute Gasteiger partial charge is 0.229 e. The predicted octanol–water partition coefficient (Wildman–Crippen LogP) is 7.76. The van der Waals surface area contributed by atoms with E-state index in [9.17, 15) is 52.7 Å². The highest BCUT2D eigenvalue weighted by Crippen LogP contribution is 2.87. The van der Waals surface area contributed by atoms with Gasteiger partial charge in [-0.05, 0) is 18.3 Å². The standard InChI is InChI=1S/C17H13F17/c1-7(5-3-2-4-6-7)8-9(18,12(23,24)16(31,32)14(27,28)10(8,19)20)13(25,26)17(33,34)15(29,30)11(8,21)22/h2-6H2,1H3. The summed E-state index contributed by atoms with van der Waals surface area (Å²) in [6.45, 7) is -0.256. The second-order valence-corrected chi connectivity index (χ2v) is 9.12. The van der Waals surface area contributed by atoms with Gasteiger partial charge in [0, 0.05) is 0 Å². The predicted molar refractivity (Wildman–Crippen MR) is 77.0 cm³/mol. The third-order valence-corrected chi connectivity index (χ3v) is 7.55. The summed E-state index contributed by atoms with van der Waals surface area (Å²) in [4.78, 5) is 0. The van der Waals surface area contributed by atoms with E-state index in [0.717, 1.165) is 0 Å². The molecule has 0 atom stereocenters. The lowest BCUT2D eigenvalue weighted by molar-refractivity contribution is -0.581. The molecule has 200 valence electrons. The molecule has 34 heavy (non-hydrogen) atoms. The summed E-state index contributed by atoms with van der Waals surface area (Å²) in [5.41, 5.74) is -19.3. The van der Waals surface area contributed by atoms with Crippen LogP contribution < -0.4 is 0 Å². The Hall–Kier alpha value is -1.19. The lowest BCUT2D eigenvalue weighted by atomic mass is 9.38. The molecule has 0 nitrogen and oxygen atoms in total. The fourth-order valence-corrected chi connectivity index (χ4v) is 5.87. The number of halogens is 17. The van der Waals surface area contributed by atoms with Gasteiger partial charge in [-0.25, -0.2) is 4.39 Å². The Kier molecular flexibility index (Phi) is 4.99. The van der Waals surface area contributed by atoms with Crippen LogP contribution in [-0.4, -0.2) is 53.0 Å². The zero-order valence-electron chi connectivity index (χ0n) is 16.5. The maximum atomic E-state index is 15.8. The number of fused-ring (bicyclic) bond motifs is 1. The van der Waals surface area contributed by atoms with E-state index < -0.39 is 89.6 Å². The van der Waals surface area contributed by atoms with E-state index in [1.54, 1.807) is 0 Å². The highest BCUT2D eigenvalue weighted by Gasteiger charge is 3.15. The first kappa shape index (κ1) is 27.4. The number of rotatable bonds is 1. The van der Waals surface area contributed by atoms with Crippen molar-refractivity contribution in [1.29, 1.82) is 0 Å². The van der Waals surface area contributed by atoms with Gasteiger partial charge in [-0.15, -0.1) is 0 Å². The van der Waals surface area contributed by atoms with Crippen LogP contribution in [0.2, 0.25) is 0 Å². The molecular formula is C17H13F17. The highest BCUT2D eigenvalue weighted by atomic mass is 19.4. The molecule has 0 aromatic carbocycles. The van der Waals surface area contributed by atoms with Gasteiger partial charge in [-0.2, -0.15) is 70.2 Å². The second kappa shape index (κ2) is 6.20. The van der Waals surface area contributed by atoms with Crippen LogP contribution in [0.5, 0.6) is 0 Å². The van der Waals surface area contributed by atoms with Crippen LogP contribution >= 0.6 is 0 Å². The fourth-order valence-electron chi connectivity index (χ4n) is 5.87. The zero-order chi connectivity index (χ0) is 27.0. The molecule has 0 heterocycles. The first-order valence-electron chi connectivity index (χ1n) is 9.42. The van der Waals surface area contributed by atoms with E-state index in [1.165, 1.54) is 0 Å². The van der Waals surface area contributed by atoms with Gasteiger partial charge in [0.25, 0.3) is 5.67 Å². The van der Waals surface area contributed by atoms with Crippen molar-refractivity contribution >= 4 is 0 Å². The molecule has 0 aromatic heterocycles. The van der Waals surface area contributed by atoms with E-state index >= 15 is 22.0 Å². The van der Waals surface area contributed by atoms with Crippen LogP contribution in [0.1, 0.15) is 39.0 Å². The Labute approximate surface area is 178 Å². The summed E-state index contributed by atoms with van der Waals surface area (Å²) in [5.74, 6) is -63.7. The minimum Gasteiger partial charge on any atom is -0.229 e. The van der Waals surface area contributed by atoms with Crippen LogP contribution in [0.3, 0.4) is 0 Å². The van der Waals surface area contributed by atoms with Crippen molar-refractivity contribution in [2.45, 2.75) is 92.1 Å². The molecule has 3 fully saturated rings. The molecule has 0 aromatic rings. The van der Waals surface area contributed by atoms with Crippen molar-refractivity contribution < 1.29 is 74.6 Å². The summed E-state index contributed by atoms with van der Waals surface area (Å²) in [6, 6.07) is 0. The molecular weight excluding hydrogens is 527 g/mol. The molecule has 0 amide bonds. The third-order valence-electron chi connectivity index (χ3n) is 7.55. The molecule has 0 aliphatic heterocycles. The molecule has 3 saturated carbocycles. The van der Waals surface area contributed by atoms with Gasteiger partial charge in [0.15, 0.2) is 5.41 Å². The molecule has 0 bridgehead atoms.